The smallest absolute Gasteiger partial charge is 0.247 e. The SMILES string of the molecule is C=CC(=O)Nc1cccc(Nc2nc(Nc3ccc(OC)c(OC)c3OC)ncc2Br)c1. The molecule has 3 rings (SSSR count). The lowest BCUT2D eigenvalue weighted by atomic mass is 10.2. The van der Waals surface area contributed by atoms with Gasteiger partial charge in [0.1, 0.15) is 5.82 Å². The molecule has 0 bridgehead atoms. The number of carbonyl (C=O) groups excluding carboxylic acids is 1. The molecule has 1 amide bonds. The van der Waals surface area contributed by atoms with Crippen LogP contribution in [-0.4, -0.2) is 37.2 Å². The lowest BCUT2D eigenvalue weighted by molar-refractivity contribution is -0.111. The Morgan fingerprint density at radius 2 is 1.78 bits per heavy atom. The van der Waals surface area contributed by atoms with Crippen LogP contribution in [-0.2, 0) is 4.79 Å². The summed E-state index contributed by atoms with van der Waals surface area (Å²) in [5.41, 5.74) is 1.95. The molecule has 0 spiro atoms. The van der Waals surface area contributed by atoms with Gasteiger partial charge in [-0.05, 0) is 52.3 Å². The number of benzene rings is 2. The molecule has 2 aromatic carbocycles. The van der Waals surface area contributed by atoms with Crippen LogP contribution in [0.5, 0.6) is 17.2 Å². The number of hydrogen-bond donors (Lipinski definition) is 3. The highest BCUT2D eigenvalue weighted by Crippen LogP contribution is 2.43. The quantitative estimate of drug-likeness (QED) is 0.357. The molecule has 0 aliphatic heterocycles. The number of carbonyl (C=O) groups is 1. The second-order valence-electron chi connectivity index (χ2n) is 6.30. The zero-order valence-corrected chi connectivity index (χ0v) is 19.3. The number of nitrogens with one attached hydrogen (secondary N) is 3. The second kappa shape index (κ2) is 10.5. The number of aromatic nitrogens is 2. The zero-order valence-electron chi connectivity index (χ0n) is 17.7. The maximum atomic E-state index is 11.5. The van der Waals surface area contributed by atoms with E-state index in [0.29, 0.717) is 44.9 Å². The molecule has 0 saturated heterocycles. The van der Waals surface area contributed by atoms with E-state index in [-0.39, 0.29) is 5.91 Å². The van der Waals surface area contributed by atoms with Crippen molar-refractivity contribution < 1.29 is 19.0 Å². The topological polar surface area (TPSA) is 107 Å². The number of ether oxygens (including phenoxy) is 3. The molecule has 32 heavy (non-hydrogen) atoms. The average Bonchev–Trinajstić information content (AvgIpc) is 2.80. The van der Waals surface area contributed by atoms with Gasteiger partial charge in [0.05, 0.1) is 31.5 Å². The molecule has 9 nitrogen and oxygen atoms in total. The Bertz CT molecular complexity index is 1140. The summed E-state index contributed by atoms with van der Waals surface area (Å²) < 4.78 is 16.9. The second-order valence-corrected chi connectivity index (χ2v) is 7.15. The number of amides is 1. The molecule has 0 atom stereocenters. The van der Waals surface area contributed by atoms with Gasteiger partial charge in [-0.3, -0.25) is 4.79 Å². The fourth-order valence-electron chi connectivity index (χ4n) is 2.84. The van der Waals surface area contributed by atoms with Crippen LogP contribution in [0.25, 0.3) is 0 Å². The highest BCUT2D eigenvalue weighted by Gasteiger charge is 2.17. The molecular weight excluding hydrogens is 478 g/mol. The minimum Gasteiger partial charge on any atom is -0.493 e. The van der Waals surface area contributed by atoms with Gasteiger partial charge in [-0.2, -0.15) is 4.98 Å². The van der Waals surface area contributed by atoms with Crippen molar-refractivity contribution in [2.24, 2.45) is 0 Å². The number of nitrogens with zero attached hydrogens (tertiary/aromatic N) is 2. The number of methoxy groups -OCH3 is 3. The van der Waals surface area contributed by atoms with Crippen LogP contribution < -0.4 is 30.2 Å². The average molecular weight is 500 g/mol. The minimum atomic E-state index is -0.291. The molecule has 0 aliphatic carbocycles. The predicted octanol–water partition coefficient (Wildman–Crippen LogP) is 4.88. The van der Waals surface area contributed by atoms with Crippen LogP contribution in [0.2, 0.25) is 0 Å². The fourth-order valence-corrected chi connectivity index (χ4v) is 3.13. The molecule has 3 aromatic rings. The number of hydrogen-bond acceptors (Lipinski definition) is 8. The van der Waals surface area contributed by atoms with Crippen LogP contribution >= 0.6 is 15.9 Å². The van der Waals surface area contributed by atoms with Crippen molar-refractivity contribution in [1.82, 2.24) is 9.97 Å². The lowest BCUT2D eigenvalue weighted by Crippen LogP contribution is -2.07. The van der Waals surface area contributed by atoms with Gasteiger partial charge >= 0.3 is 0 Å². The van der Waals surface area contributed by atoms with E-state index in [1.54, 1.807) is 37.6 Å². The first-order valence-corrected chi connectivity index (χ1v) is 10.2. The Hall–Kier alpha value is -3.79. The predicted molar refractivity (Wildman–Crippen MR) is 128 cm³/mol. The summed E-state index contributed by atoms with van der Waals surface area (Å²) in [4.78, 5) is 20.4. The van der Waals surface area contributed by atoms with Gasteiger partial charge in [-0.25, -0.2) is 4.98 Å². The van der Waals surface area contributed by atoms with Crippen molar-refractivity contribution >= 4 is 50.7 Å². The molecule has 3 N–H and O–H groups in total. The van der Waals surface area contributed by atoms with Gasteiger partial charge < -0.3 is 30.2 Å². The lowest BCUT2D eigenvalue weighted by Gasteiger charge is -2.16. The molecule has 1 aromatic heterocycles. The maximum Gasteiger partial charge on any atom is 0.247 e. The first-order valence-electron chi connectivity index (χ1n) is 9.38. The van der Waals surface area contributed by atoms with Gasteiger partial charge in [0.2, 0.25) is 17.6 Å². The van der Waals surface area contributed by atoms with Gasteiger partial charge in [-0.1, -0.05) is 12.6 Å². The van der Waals surface area contributed by atoms with E-state index >= 15 is 0 Å². The van der Waals surface area contributed by atoms with Crippen molar-refractivity contribution in [3.8, 4) is 17.2 Å². The fraction of sp³-hybridized carbons (Fsp3) is 0.136. The van der Waals surface area contributed by atoms with E-state index < -0.39 is 0 Å². The number of rotatable bonds is 9. The summed E-state index contributed by atoms with van der Waals surface area (Å²) >= 11 is 3.45. The highest BCUT2D eigenvalue weighted by atomic mass is 79.9. The molecule has 0 fully saturated rings. The Morgan fingerprint density at radius 1 is 1.03 bits per heavy atom. The van der Waals surface area contributed by atoms with E-state index in [1.807, 2.05) is 12.1 Å². The Labute approximate surface area is 194 Å². The largest absolute Gasteiger partial charge is 0.493 e. The molecule has 0 saturated carbocycles. The van der Waals surface area contributed by atoms with Crippen LogP contribution in [0.4, 0.5) is 28.8 Å². The van der Waals surface area contributed by atoms with Gasteiger partial charge in [0.15, 0.2) is 11.5 Å². The molecule has 1 heterocycles. The zero-order chi connectivity index (χ0) is 23.1. The Balaban J connectivity index is 1.87. The van der Waals surface area contributed by atoms with E-state index in [1.165, 1.54) is 20.3 Å². The van der Waals surface area contributed by atoms with Crippen LogP contribution in [0.3, 0.4) is 0 Å². The van der Waals surface area contributed by atoms with Crippen molar-refractivity contribution in [3.63, 3.8) is 0 Å². The van der Waals surface area contributed by atoms with Gasteiger partial charge in [-0.15, -0.1) is 0 Å². The minimum absolute atomic E-state index is 0.291. The van der Waals surface area contributed by atoms with Crippen LogP contribution in [0, 0.1) is 0 Å². The molecule has 0 unspecified atom stereocenters. The van der Waals surface area contributed by atoms with Crippen molar-refractivity contribution in [3.05, 3.63) is 59.7 Å². The highest BCUT2D eigenvalue weighted by molar-refractivity contribution is 9.10. The Kier molecular flexibility index (Phi) is 7.50. The number of halogens is 1. The van der Waals surface area contributed by atoms with Crippen LogP contribution in [0.1, 0.15) is 0 Å². The van der Waals surface area contributed by atoms with Crippen LogP contribution in [0.15, 0.2) is 59.7 Å². The van der Waals surface area contributed by atoms with Crippen molar-refractivity contribution in [2.45, 2.75) is 0 Å². The van der Waals surface area contributed by atoms with E-state index in [0.717, 1.165) is 5.69 Å². The van der Waals surface area contributed by atoms with Crippen molar-refractivity contribution in [2.75, 3.05) is 37.3 Å². The van der Waals surface area contributed by atoms with E-state index in [9.17, 15) is 4.79 Å². The van der Waals surface area contributed by atoms with Gasteiger partial charge in [0.25, 0.3) is 0 Å². The molecular formula is C22H22BrN5O4. The summed E-state index contributed by atoms with van der Waals surface area (Å²) in [6, 6.07) is 10.7. The molecule has 166 valence electrons. The maximum absolute atomic E-state index is 11.5. The molecule has 0 aliphatic rings. The van der Waals surface area contributed by atoms with Gasteiger partial charge in [0, 0.05) is 17.6 Å². The molecule has 10 heteroatoms. The third-order valence-corrected chi connectivity index (χ3v) is 4.85. The van der Waals surface area contributed by atoms with Crippen molar-refractivity contribution in [1.29, 1.82) is 0 Å². The standard InChI is InChI=1S/C22H22BrN5O4/c1-5-18(29)25-13-7-6-8-14(11-13)26-21-15(23)12-24-22(28-21)27-16-9-10-17(30-2)20(32-4)19(16)31-3/h5-12H,1H2,2-4H3,(H,25,29)(H2,24,26,27,28). The molecule has 0 radical (unpaired) electrons. The summed E-state index contributed by atoms with van der Waals surface area (Å²) in [6.07, 6.45) is 2.83. The third-order valence-electron chi connectivity index (χ3n) is 4.27. The first-order chi connectivity index (χ1) is 15.5. The van der Waals surface area contributed by atoms with E-state index in [2.05, 4.69) is 48.4 Å². The number of anilines is 5. The normalized spacial score (nSPS) is 10.1. The summed E-state index contributed by atoms with van der Waals surface area (Å²) in [5.74, 6) is 2.01. The first kappa shape index (κ1) is 22.9. The monoisotopic (exact) mass is 499 g/mol. The summed E-state index contributed by atoms with van der Waals surface area (Å²) in [5, 5.41) is 9.06. The summed E-state index contributed by atoms with van der Waals surface area (Å²) in [7, 11) is 4.63. The summed E-state index contributed by atoms with van der Waals surface area (Å²) in [6.45, 7) is 3.45. The Morgan fingerprint density at radius 3 is 2.47 bits per heavy atom. The van der Waals surface area contributed by atoms with E-state index in [4.69, 9.17) is 14.2 Å². The third kappa shape index (κ3) is 5.27.